The van der Waals surface area contributed by atoms with Gasteiger partial charge in [-0.15, -0.1) is 0 Å². The quantitative estimate of drug-likeness (QED) is 0.575. The minimum absolute atomic E-state index is 0.0273. The third-order valence-electron chi connectivity index (χ3n) is 7.20. The van der Waals surface area contributed by atoms with E-state index in [1.165, 1.54) is 24.8 Å². The molecule has 0 radical (unpaired) electrons. The highest BCUT2D eigenvalue weighted by Crippen LogP contribution is 2.34. The summed E-state index contributed by atoms with van der Waals surface area (Å²) in [4.78, 5) is 20.1. The second-order valence-corrected chi connectivity index (χ2v) is 9.58. The molecule has 2 fully saturated rings. The molecule has 1 aliphatic carbocycles. The number of fused-ring (bicyclic) bond motifs is 1. The maximum Gasteiger partial charge on any atom is 0.251 e. The third kappa shape index (κ3) is 5.10. The fourth-order valence-electron chi connectivity index (χ4n) is 5.28. The molecule has 1 amide bonds. The predicted molar refractivity (Wildman–Crippen MR) is 131 cm³/mol. The number of amides is 1. The zero-order chi connectivity index (χ0) is 23.4. The molecule has 1 N–H and O–H groups in total. The van der Waals surface area contributed by atoms with Gasteiger partial charge in [0.1, 0.15) is 18.0 Å². The van der Waals surface area contributed by atoms with Gasteiger partial charge in [-0.05, 0) is 55.7 Å². The highest BCUT2D eigenvalue weighted by molar-refractivity contribution is 5.94. The third-order valence-corrected chi connectivity index (χ3v) is 7.20. The molecule has 2 aromatic heterocycles. The molecule has 3 aromatic rings. The zero-order valence-corrected chi connectivity index (χ0v) is 20.0. The van der Waals surface area contributed by atoms with Crippen molar-refractivity contribution in [1.82, 2.24) is 19.6 Å². The largest absolute Gasteiger partial charge is 0.487 e. The van der Waals surface area contributed by atoms with Gasteiger partial charge in [0.2, 0.25) is 0 Å². The van der Waals surface area contributed by atoms with Crippen molar-refractivity contribution in [2.24, 2.45) is 0 Å². The van der Waals surface area contributed by atoms with Crippen LogP contribution < -0.4 is 10.1 Å². The molecule has 1 saturated heterocycles. The number of nitrogens with zero attached hydrogens (tertiary/aromatic N) is 3. The molecule has 5 rings (SSSR count). The Morgan fingerprint density at radius 1 is 1.06 bits per heavy atom. The number of carbonyl (C=O) groups excluding carboxylic acids is 1. The predicted octanol–water partition coefficient (Wildman–Crippen LogP) is 3.99. The molecule has 7 heteroatoms. The zero-order valence-electron chi connectivity index (χ0n) is 20.0. The number of ether oxygens (including phenoxy) is 2. The minimum Gasteiger partial charge on any atom is -0.487 e. The fraction of sp³-hybridized carbons (Fsp3) is 0.481. The van der Waals surface area contributed by atoms with Crippen LogP contribution in [-0.4, -0.2) is 58.6 Å². The highest BCUT2D eigenvalue weighted by atomic mass is 16.5. The van der Waals surface area contributed by atoms with E-state index < -0.39 is 0 Å². The SMILES string of the molecule is Cc1ccc2nc(COc3ccc(C(=O)NCC4(N5CCOCC5)CCCCC4)cc3)cn2c1. The van der Waals surface area contributed by atoms with Crippen LogP contribution in [0, 0.1) is 6.92 Å². The number of rotatable bonds is 7. The molecular formula is C27H34N4O3. The number of aromatic nitrogens is 2. The van der Waals surface area contributed by atoms with Gasteiger partial charge in [-0.3, -0.25) is 9.69 Å². The van der Waals surface area contributed by atoms with E-state index in [1.54, 1.807) is 0 Å². The van der Waals surface area contributed by atoms with Gasteiger partial charge in [0.25, 0.3) is 5.91 Å². The topological polar surface area (TPSA) is 68.1 Å². The van der Waals surface area contributed by atoms with Gasteiger partial charge in [0.15, 0.2) is 0 Å². The smallest absolute Gasteiger partial charge is 0.251 e. The van der Waals surface area contributed by atoms with E-state index in [0.29, 0.717) is 18.7 Å². The lowest BCUT2D eigenvalue weighted by Crippen LogP contribution is -2.59. The van der Waals surface area contributed by atoms with E-state index in [4.69, 9.17) is 9.47 Å². The van der Waals surface area contributed by atoms with Gasteiger partial charge in [-0.25, -0.2) is 4.98 Å². The van der Waals surface area contributed by atoms with Gasteiger partial charge in [-0.1, -0.05) is 25.3 Å². The Balaban J connectivity index is 1.17. The maximum absolute atomic E-state index is 12.9. The van der Waals surface area contributed by atoms with Gasteiger partial charge < -0.3 is 19.2 Å². The minimum atomic E-state index is -0.0273. The van der Waals surface area contributed by atoms with Gasteiger partial charge in [0, 0.05) is 43.1 Å². The monoisotopic (exact) mass is 462 g/mol. The number of hydrogen-bond acceptors (Lipinski definition) is 5. The van der Waals surface area contributed by atoms with E-state index in [9.17, 15) is 4.79 Å². The average molecular weight is 463 g/mol. The van der Waals surface area contributed by atoms with Gasteiger partial charge in [-0.2, -0.15) is 0 Å². The Labute approximate surface area is 201 Å². The first-order valence-electron chi connectivity index (χ1n) is 12.4. The summed E-state index contributed by atoms with van der Waals surface area (Å²) >= 11 is 0. The summed E-state index contributed by atoms with van der Waals surface area (Å²) in [5.74, 6) is 0.697. The van der Waals surface area contributed by atoms with E-state index >= 15 is 0 Å². The van der Waals surface area contributed by atoms with Crippen LogP contribution in [0.4, 0.5) is 0 Å². The maximum atomic E-state index is 12.9. The van der Waals surface area contributed by atoms with E-state index in [-0.39, 0.29) is 11.4 Å². The van der Waals surface area contributed by atoms with Crippen molar-refractivity contribution in [3.63, 3.8) is 0 Å². The summed E-state index contributed by atoms with van der Waals surface area (Å²) < 4.78 is 13.5. The first kappa shape index (κ1) is 22.9. The van der Waals surface area contributed by atoms with Crippen LogP contribution in [0.2, 0.25) is 0 Å². The van der Waals surface area contributed by atoms with Crippen molar-refractivity contribution < 1.29 is 14.3 Å². The Morgan fingerprint density at radius 3 is 2.59 bits per heavy atom. The molecule has 1 aromatic carbocycles. The molecule has 1 saturated carbocycles. The molecule has 3 heterocycles. The summed E-state index contributed by atoms with van der Waals surface area (Å²) in [5.41, 5.74) is 3.68. The first-order chi connectivity index (χ1) is 16.6. The summed E-state index contributed by atoms with van der Waals surface area (Å²) in [6.45, 7) is 6.61. The summed E-state index contributed by atoms with van der Waals surface area (Å²) in [7, 11) is 0. The molecule has 0 bridgehead atoms. The fourth-order valence-corrected chi connectivity index (χ4v) is 5.28. The number of carbonyl (C=O) groups is 1. The van der Waals surface area contributed by atoms with Crippen LogP contribution >= 0.6 is 0 Å². The van der Waals surface area contributed by atoms with Crippen molar-refractivity contribution in [2.45, 2.75) is 51.2 Å². The Bertz CT molecular complexity index is 1110. The van der Waals surface area contributed by atoms with Crippen molar-refractivity contribution in [3.8, 4) is 5.75 Å². The molecule has 0 atom stereocenters. The molecule has 2 aliphatic rings. The van der Waals surface area contributed by atoms with Crippen LogP contribution in [0.3, 0.4) is 0 Å². The van der Waals surface area contributed by atoms with Crippen molar-refractivity contribution in [1.29, 1.82) is 0 Å². The normalized spacial score (nSPS) is 18.6. The lowest BCUT2D eigenvalue weighted by molar-refractivity contribution is -0.0361. The standard InChI is InChI=1S/C27H34N4O3/c1-21-5-10-25-29-23(18-30(25)17-21)19-34-24-8-6-22(7-9-24)26(32)28-20-27(11-3-2-4-12-27)31-13-15-33-16-14-31/h5-10,17-18H,2-4,11-16,19-20H2,1H3,(H,28,32). The number of hydrogen-bond donors (Lipinski definition) is 1. The molecule has 180 valence electrons. The summed E-state index contributed by atoms with van der Waals surface area (Å²) in [6, 6.07) is 11.4. The number of pyridine rings is 1. The van der Waals surface area contributed by atoms with E-state index in [1.807, 2.05) is 47.0 Å². The molecule has 34 heavy (non-hydrogen) atoms. The number of benzene rings is 1. The van der Waals surface area contributed by atoms with Crippen LogP contribution in [0.5, 0.6) is 5.75 Å². The molecule has 7 nitrogen and oxygen atoms in total. The second-order valence-electron chi connectivity index (χ2n) is 9.58. The van der Waals surface area contributed by atoms with E-state index in [0.717, 1.165) is 56.2 Å². The van der Waals surface area contributed by atoms with Crippen LogP contribution in [0.15, 0.2) is 48.8 Å². The number of aryl methyl sites for hydroxylation is 1. The van der Waals surface area contributed by atoms with Crippen LogP contribution in [0.25, 0.3) is 5.65 Å². The van der Waals surface area contributed by atoms with Gasteiger partial charge >= 0.3 is 0 Å². The van der Waals surface area contributed by atoms with Crippen molar-refractivity contribution in [2.75, 3.05) is 32.8 Å². The molecular weight excluding hydrogens is 428 g/mol. The molecule has 0 unspecified atom stereocenters. The second kappa shape index (κ2) is 10.2. The van der Waals surface area contributed by atoms with Crippen molar-refractivity contribution in [3.05, 3.63) is 65.6 Å². The first-order valence-corrected chi connectivity index (χ1v) is 12.4. The number of nitrogens with one attached hydrogen (secondary N) is 1. The lowest BCUT2D eigenvalue weighted by Gasteiger charge is -2.48. The van der Waals surface area contributed by atoms with E-state index in [2.05, 4.69) is 28.3 Å². The summed E-state index contributed by atoms with van der Waals surface area (Å²) in [5, 5.41) is 3.23. The lowest BCUT2D eigenvalue weighted by atomic mass is 9.79. The number of morpholine rings is 1. The number of imidazole rings is 1. The molecule has 0 spiro atoms. The Morgan fingerprint density at radius 2 is 1.82 bits per heavy atom. The Kier molecular flexibility index (Phi) is 6.83. The summed E-state index contributed by atoms with van der Waals surface area (Å²) in [6.07, 6.45) is 10.1. The van der Waals surface area contributed by atoms with Crippen molar-refractivity contribution >= 4 is 11.6 Å². The Hall–Kier alpha value is -2.90. The molecule has 1 aliphatic heterocycles. The van der Waals surface area contributed by atoms with Gasteiger partial charge in [0.05, 0.1) is 18.9 Å². The average Bonchev–Trinajstić information content (AvgIpc) is 3.29. The van der Waals surface area contributed by atoms with Crippen LogP contribution in [-0.2, 0) is 11.3 Å². The van der Waals surface area contributed by atoms with Crippen LogP contribution in [0.1, 0.15) is 53.7 Å². The highest BCUT2D eigenvalue weighted by Gasteiger charge is 2.38.